The number of nitrogens with zero attached hydrogens (tertiary/aromatic N) is 2. The molecule has 0 N–H and O–H groups in total. The van der Waals surface area contributed by atoms with Crippen LogP contribution in [0.3, 0.4) is 0 Å². The van der Waals surface area contributed by atoms with Gasteiger partial charge in [-0.1, -0.05) is 12.1 Å². The van der Waals surface area contributed by atoms with Crippen LogP contribution in [0.2, 0.25) is 0 Å². The van der Waals surface area contributed by atoms with E-state index in [1.807, 2.05) is 0 Å². The number of aromatic nitrogens is 2. The number of carbonyl (C=O) groups excluding carboxylic acids is 1. The van der Waals surface area contributed by atoms with Crippen molar-refractivity contribution in [1.82, 2.24) is 9.78 Å². The molecule has 0 aliphatic heterocycles. The van der Waals surface area contributed by atoms with Gasteiger partial charge >= 0.3 is 0 Å². The van der Waals surface area contributed by atoms with Gasteiger partial charge < -0.3 is 0 Å². The van der Waals surface area contributed by atoms with Crippen LogP contribution in [0.25, 0.3) is 0 Å². The van der Waals surface area contributed by atoms with E-state index >= 15 is 0 Å². The van der Waals surface area contributed by atoms with Crippen molar-refractivity contribution in [3.8, 4) is 0 Å². The Bertz CT molecular complexity index is 543. The molecule has 1 aromatic heterocycles. The molecule has 0 saturated carbocycles. The molecular formula is C13H13FN2O. The lowest BCUT2D eigenvalue weighted by Crippen LogP contribution is -2.02. The molecule has 1 aromatic carbocycles. The first-order chi connectivity index (χ1) is 8.06. The Morgan fingerprint density at radius 1 is 1.35 bits per heavy atom. The van der Waals surface area contributed by atoms with Gasteiger partial charge in [-0.15, -0.1) is 0 Å². The highest BCUT2D eigenvalue weighted by atomic mass is 19.1. The Morgan fingerprint density at radius 3 is 2.53 bits per heavy atom. The molecule has 0 saturated heterocycles. The van der Waals surface area contributed by atoms with Gasteiger partial charge in [0.2, 0.25) is 0 Å². The third kappa shape index (κ3) is 2.58. The predicted molar refractivity (Wildman–Crippen MR) is 62.4 cm³/mol. The minimum atomic E-state index is -0.251. The zero-order valence-corrected chi connectivity index (χ0v) is 9.77. The van der Waals surface area contributed by atoms with Crippen LogP contribution in [0.1, 0.15) is 28.7 Å². The lowest BCUT2D eigenvalue weighted by Gasteiger charge is -1.97. The van der Waals surface area contributed by atoms with Gasteiger partial charge in [-0.25, -0.2) is 4.39 Å². The summed E-state index contributed by atoms with van der Waals surface area (Å²) in [5.41, 5.74) is 2.37. The first-order valence-electron chi connectivity index (χ1n) is 5.34. The van der Waals surface area contributed by atoms with Crippen molar-refractivity contribution in [3.63, 3.8) is 0 Å². The van der Waals surface area contributed by atoms with E-state index in [1.165, 1.54) is 19.1 Å². The summed E-state index contributed by atoms with van der Waals surface area (Å²) in [5, 5.41) is 4.25. The van der Waals surface area contributed by atoms with Crippen molar-refractivity contribution in [1.29, 1.82) is 0 Å². The third-order valence-electron chi connectivity index (χ3n) is 2.59. The summed E-state index contributed by atoms with van der Waals surface area (Å²) in [6, 6.07) is 8.05. The summed E-state index contributed by atoms with van der Waals surface area (Å²) in [6.45, 7) is 1.51. The minimum Gasteiger partial charge on any atom is -0.293 e. The molecule has 2 aromatic rings. The largest absolute Gasteiger partial charge is 0.293 e. The summed E-state index contributed by atoms with van der Waals surface area (Å²) < 4.78 is 14.3. The molecule has 0 fully saturated rings. The van der Waals surface area contributed by atoms with Crippen molar-refractivity contribution in [2.45, 2.75) is 13.3 Å². The van der Waals surface area contributed by atoms with Crippen molar-refractivity contribution in [2.75, 3.05) is 0 Å². The number of ketones is 1. The van der Waals surface area contributed by atoms with Crippen LogP contribution in [0.4, 0.5) is 4.39 Å². The van der Waals surface area contributed by atoms with Gasteiger partial charge in [0.05, 0.1) is 5.69 Å². The van der Waals surface area contributed by atoms with E-state index in [9.17, 15) is 9.18 Å². The van der Waals surface area contributed by atoms with Crippen LogP contribution in [0.5, 0.6) is 0 Å². The molecule has 88 valence electrons. The first kappa shape index (κ1) is 11.5. The fraction of sp³-hybridized carbons (Fsp3) is 0.231. The number of rotatable bonds is 3. The van der Waals surface area contributed by atoms with Crippen molar-refractivity contribution < 1.29 is 9.18 Å². The number of Topliss-reactive ketones (excluding diaryl/α,β-unsaturated/α-hetero) is 1. The van der Waals surface area contributed by atoms with Gasteiger partial charge in [0.1, 0.15) is 11.5 Å². The highest BCUT2D eigenvalue weighted by Gasteiger charge is 2.09. The second-order valence-corrected chi connectivity index (χ2v) is 4.00. The molecule has 0 radical (unpaired) electrons. The Kier molecular flexibility index (Phi) is 3.04. The average molecular weight is 232 g/mol. The standard InChI is InChI=1S/C13H13FN2O/c1-9(17)13-8-12(15-16(13)2)7-10-3-5-11(14)6-4-10/h3-6,8H,7H2,1-2H3. The maximum absolute atomic E-state index is 12.7. The van der Waals surface area contributed by atoms with Crippen LogP contribution in [-0.2, 0) is 13.5 Å². The molecule has 2 rings (SSSR count). The van der Waals surface area contributed by atoms with Crippen LogP contribution >= 0.6 is 0 Å². The molecule has 0 atom stereocenters. The van der Waals surface area contributed by atoms with E-state index in [4.69, 9.17) is 0 Å². The van der Waals surface area contributed by atoms with Crippen LogP contribution in [0.15, 0.2) is 30.3 Å². The molecule has 0 amide bonds. The van der Waals surface area contributed by atoms with Crippen molar-refractivity contribution in [3.05, 3.63) is 53.1 Å². The van der Waals surface area contributed by atoms with E-state index in [0.717, 1.165) is 11.3 Å². The summed E-state index contributed by atoms with van der Waals surface area (Å²) in [5.74, 6) is -0.260. The quantitative estimate of drug-likeness (QED) is 0.761. The average Bonchev–Trinajstić information content (AvgIpc) is 2.63. The highest BCUT2D eigenvalue weighted by Crippen LogP contribution is 2.11. The fourth-order valence-electron chi connectivity index (χ4n) is 1.75. The van der Waals surface area contributed by atoms with Crippen LogP contribution in [-0.4, -0.2) is 15.6 Å². The van der Waals surface area contributed by atoms with Gasteiger partial charge in [0.15, 0.2) is 5.78 Å². The fourth-order valence-corrected chi connectivity index (χ4v) is 1.75. The zero-order valence-electron chi connectivity index (χ0n) is 9.77. The molecule has 17 heavy (non-hydrogen) atoms. The minimum absolute atomic E-state index is 0.00893. The van der Waals surface area contributed by atoms with E-state index in [1.54, 1.807) is 29.9 Å². The topological polar surface area (TPSA) is 34.9 Å². The highest BCUT2D eigenvalue weighted by molar-refractivity contribution is 5.92. The second kappa shape index (κ2) is 4.49. The maximum Gasteiger partial charge on any atom is 0.177 e. The summed E-state index contributed by atoms with van der Waals surface area (Å²) in [7, 11) is 1.74. The van der Waals surface area contributed by atoms with Crippen molar-refractivity contribution in [2.24, 2.45) is 7.05 Å². The Labute approximate surface area is 98.9 Å². The molecule has 1 heterocycles. The van der Waals surface area contributed by atoms with E-state index in [-0.39, 0.29) is 11.6 Å². The molecule has 0 aliphatic rings. The Balaban J connectivity index is 2.22. The van der Waals surface area contributed by atoms with E-state index in [0.29, 0.717) is 12.1 Å². The smallest absolute Gasteiger partial charge is 0.177 e. The monoisotopic (exact) mass is 232 g/mol. The summed E-state index contributed by atoms with van der Waals surface area (Å²) in [4.78, 5) is 11.3. The second-order valence-electron chi connectivity index (χ2n) is 4.00. The normalized spacial score (nSPS) is 10.5. The maximum atomic E-state index is 12.7. The predicted octanol–water partition coefficient (Wildman–Crippen LogP) is 2.35. The molecule has 3 nitrogen and oxygen atoms in total. The SMILES string of the molecule is CC(=O)c1cc(Cc2ccc(F)cc2)nn1C. The molecular weight excluding hydrogens is 219 g/mol. The van der Waals surface area contributed by atoms with E-state index in [2.05, 4.69) is 5.10 Å². The lowest BCUT2D eigenvalue weighted by atomic mass is 10.1. The van der Waals surface area contributed by atoms with Gasteiger partial charge in [-0.05, 0) is 23.8 Å². The van der Waals surface area contributed by atoms with E-state index < -0.39 is 0 Å². The number of hydrogen-bond acceptors (Lipinski definition) is 2. The Morgan fingerprint density at radius 2 is 2.00 bits per heavy atom. The molecule has 0 unspecified atom stereocenters. The van der Waals surface area contributed by atoms with Crippen LogP contribution in [0, 0.1) is 5.82 Å². The molecule has 0 bridgehead atoms. The lowest BCUT2D eigenvalue weighted by molar-refractivity contribution is 0.100. The van der Waals surface area contributed by atoms with Gasteiger partial charge in [0.25, 0.3) is 0 Å². The zero-order chi connectivity index (χ0) is 12.4. The number of carbonyl (C=O) groups is 1. The third-order valence-corrected chi connectivity index (χ3v) is 2.59. The molecule has 4 heteroatoms. The van der Waals surface area contributed by atoms with Crippen LogP contribution < -0.4 is 0 Å². The first-order valence-corrected chi connectivity index (χ1v) is 5.34. The number of aryl methyl sites for hydroxylation is 1. The Hall–Kier alpha value is -1.97. The number of halogens is 1. The number of benzene rings is 1. The van der Waals surface area contributed by atoms with Crippen molar-refractivity contribution >= 4 is 5.78 Å². The summed E-state index contributed by atoms with van der Waals surface area (Å²) >= 11 is 0. The van der Waals surface area contributed by atoms with Gasteiger partial charge in [-0.3, -0.25) is 9.48 Å². The summed E-state index contributed by atoms with van der Waals surface area (Å²) in [6.07, 6.45) is 0.599. The molecule has 0 spiro atoms. The van der Waals surface area contributed by atoms with Gasteiger partial charge in [-0.2, -0.15) is 5.10 Å². The molecule has 0 aliphatic carbocycles. The number of hydrogen-bond donors (Lipinski definition) is 0. The van der Waals surface area contributed by atoms with Gasteiger partial charge in [0, 0.05) is 20.4 Å².